The van der Waals surface area contributed by atoms with E-state index < -0.39 is 0 Å². The second kappa shape index (κ2) is 7.17. The van der Waals surface area contributed by atoms with Gasteiger partial charge < -0.3 is 14.6 Å². The highest BCUT2D eigenvalue weighted by atomic mass is 32.1. The van der Waals surface area contributed by atoms with E-state index in [9.17, 15) is 4.79 Å². The lowest BCUT2D eigenvalue weighted by molar-refractivity contribution is 0.0946. The van der Waals surface area contributed by atoms with Crippen molar-refractivity contribution in [2.45, 2.75) is 13.2 Å². The van der Waals surface area contributed by atoms with Crippen LogP contribution in [0.1, 0.15) is 21.8 Å². The minimum Gasteiger partial charge on any atom is -0.380 e. The van der Waals surface area contributed by atoms with Gasteiger partial charge in [-0.05, 0) is 29.1 Å². The van der Waals surface area contributed by atoms with E-state index >= 15 is 0 Å². The fourth-order valence-electron chi connectivity index (χ4n) is 2.06. The van der Waals surface area contributed by atoms with E-state index in [4.69, 9.17) is 9.26 Å². The predicted molar refractivity (Wildman–Crippen MR) is 85.9 cm³/mol. The van der Waals surface area contributed by atoms with Gasteiger partial charge in [-0.2, -0.15) is 4.98 Å². The third-order valence-electron chi connectivity index (χ3n) is 3.11. The van der Waals surface area contributed by atoms with E-state index in [1.165, 1.54) is 11.3 Å². The Bertz CT molecular complexity index is 783. The summed E-state index contributed by atoms with van der Waals surface area (Å²) in [6.45, 7) is 0.653. The molecule has 1 N–H and O–H groups in total. The molecule has 0 aliphatic carbocycles. The Labute approximate surface area is 137 Å². The molecule has 0 atom stereocenters. The third kappa shape index (κ3) is 3.82. The Kier molecular flexibility index (Phi) is 4.80. The number of aromatic nitrogens is 2. The van der Waals surface area contributed by atoms with Gasteiger partial charge in [0.2, 0.25) is 11.7 Å². The molecule has 2 heterocycles. The molecule has 0 saturated heterocycles. The highest BCUT2D eigenvalue weighted by molar-refractivity contribution is 7.13. The van der Waals surface area contributed by atoms with Crippen LogP contribution in [-0.4, -0.2) is 23.2 Å². The largest absolute Gasteiger partial charge is 0.380 e. The summed E-state index contributed by atoms with van der Waals surface area (Å²) in [4.78, 5) is 17.4. The summed E-state index contributed by atoms with van der Waals surface area (Å²) in [5, 5.41) is 8.62. The Morgan fingerprint density at radius 3 is 3.04 bits per heavy atom. The molecule has 0 radical (unpaired) electrons. The first-order valence-electron chi connectivity index (χ1n) is 6.99. The maximum atomic E-state index is 12.2. The van der Waals surface area contributed by atoms with E-state index in [2.05, 4.69) is 15.5 Å². The maximum Gasteiger partial charge on any atom is 0.251 e. The number of nitrogens with zero attached hydrogens (tertiary/aromatic N) is 2. The molecule has 3 rings (SSSR count). The summed E-state index contributed by atoms with van der Waals surface area (Å²) in [5.41, 5.74) is 1.51. The van der Waals surface area contributed by atoms with Crippen LogP contribution < -0.4 is 5.32 Å². The van der Waals surface area contributed by atoms with Crippen molar-refractivity contribution in [1.82, 2.24) is 15.5 Å². The van der Waals surface area contributed by atoms with Gasteiger partial charge in [-0.3, -0.25) is 4.79 Å². The topological polar surface area (TPSA) is 77.2 Å². The van der Waals surface area contributed by atoms with Crippen molar-refractivity contribution >= 4 is 17.2 Å². The number of carbonyl (C=O) groups excluding carboxylic acids is 1. The molecule has 3 aromatic rings. The first-order valence-corrected chi connectivity index (χ1v) is 7.87. The van der Waals surface area contributed by atoms with Crippen LogP contribution in [0.3, 0.4) is 0 Å². The molecule has 2 aromatic heterocycles. The van der Waals surface area contributed by atoms with Crippen LogP contribution in [0.4, 0.5) is 0 Å². The number of rotatable bonds is 6. The zero-order valence-corrected chi connectivity index (χ0v) is 13.3. The molecule has 0 spiro atoms. The number of thiophene rings is 1. The number of benzene rings is 1. The van der Waals surface area contributed by atoms with E-state index in [0.717, 1.165) is 10.4 Å². The minimum absolute atomic E-state index is 0.186. The molecule has 0 saturated carbocycles. The Balaban J connectivity index is 1.62. The van der Waals surface area contributed by atoms with Crippen LogP contribution in [0.25, 0.3) is 10.7 Å². The van der Waals surface area contributed by atoms with Crippen molar-refractivity contribution in [3.05, 3.63) is 58.8 Å². The van der Waals surface area contributed by atoms with Crippen LogP contribution in [0.15, 0.2) is 46.3 Å². The summed E-state index contributed by atoms with van der Waals surface area (Å²) in [6, 6.07) is 11.1. The average molecular weight is 329 g/mol. The SMILES string of the molecule is COCc1cccc(C(=O)NCc2nc(-c3cccs3)no2)c1. The third-order valence-corrected chi connectivity index (χ3v) is 3.98. The zero-order valence-electron chi connectivity index (χ0n) is 12.5. The fraction of sp³-hybridized carbons (Fsp3) is 0.188. The maximum absolute atomic E-state index is 12.2. The van der Waals surface area contributed by atoms with Gasteiger partial charge >= 0.3 is 0 Å². The number of methoxy groups -OCH3 is 1. The normalized spacial score (nSPS) is 10.7. The van der Waals surface area contributed by atoms with Gasteiger partial charge in [0, 0.05) is 12.7 Å². The number of carbonyl (C=O) groups is 1. The monoisotopic (exact) mass is 329 g/mol. The Morgan fingerprint density at radius 1 is 1.35 bits per heavy atom. The van der Waals surface area contributed by atoms with Crippen molar-refractivity contribution in [2.24, 2.45) is 0 Å². The standard InChI is InChI=1S/C16H15N3O3S/c1-21-10-11-4-2-5-12(8-11)16(20)17-9-14-18-15(19-22-14)13-6-3-7-23-13/h2-8H,9-10H2,1H3,(H,17,20). The number of hydrogen-bond donors (Lipinski definition) is 1. The van der Waals surface area contributed by atoms with Crippen LogP contribution in [-0.2, 0) is 17.9 Å². The molecule has 0 bridgehead atoms. The summed E-state index contributed by atoms with van der Waals surface area (Å²) < 4.78 is 10.2. The van der Waals surface area contributed by atoms with Crippen LogP contribution in [0, 0.1) is 0 Å². The van der Waals surface area contributed by atoms with Gasteiger partial charge in [0.05, 0.1) is 18.0 Å². The van der Waals surface area contributed by atoms with Crippen molar-refractivity contribution in [3.8, 4) is 10.7 Å². The van der Waals surface area contributed by atoms with Gasteiger partial charge in [-0.25, -0.2) is 0 Å². The molecular weight excluding hydrogens is 314 g/mol. The van der Waals surface area contributed by atoms with E-state index in [1.54, 1.807) is 19.2 Å². The van der Waals surface area contributed by atoms with Crippen molar-refractivity contribution in [3.63, 3.8) is 0 Å². The van der Waals surface area contributed by atoms with Gasteiger partial charge in [-0.1, -0.05) is 23.4 Å². The fourth-order valence-corrected chi connectivity index (χ4v) is 2.71. The van der Waals surface area contributed by atoms with Crippen molar-refractivity contribution in [2.75, 3.05) is 7.11 Å². The van der Waals surface area contributed by atoms with E-state index in [1.807, 2.05) is 29.6 Å². The lowest BCUT2D eigenvalue weighted by Crippen LogP contribution is -2.23. The summed E-state index contributed by atoms with van der Waals surface area (Å²) in [5.74, 6) is 0.708. The highest BCUT2D eigenvalue weighted by Crippen LogP contribution is 2.21. The molecule has 1 aromatic carbocycles. The molecule has 0 aliphatic heterocycles. The Hall–Kier alpha value is -2.51. The van der Waals surface area contributed by atoms with Gasteiger partial charge in [0.25, 0.3) is 5.91 Å². The molecule has 6 nitrogen and oxygen atoms in total. The van der Waals surface area contributed by atoms with Gasteiger partial charge in [-0.15, -0.1) is 11.3 Å². The highest BCUT2D eigenvalue weighted by Gasteiger charge is 2.11. The van der Waals surface area contributed by atoms with Gasteiger partial charge in [0.15, 0.2) is 0 Å². The predicted octanol–water partition coefficient (Wildman–Crippen LogP) is 2.87. The Morgan fingerprint density at radius 2 is 2.26 bits per heavy atom. The molecular formula is C16H15N3O3S. The van der Waals surface area contributed by atoms with Gasteiger partial charge in [0.1, 0.15) is 0 Å². The lowest BCUT2D eigenvalue weighted by Gasteiger charge is -2.05. The number of nitrogens with one attached hydrogen (secondary N) is 1. The van der Waals surface area contributed by atoms with E-state index in [0.29, 0.717) is 23.9 Å². The smallest absolute Gasteiger partial charge is 0.251 e. The molecule has 0 aliphatic rings. The van der Waals surface area contributed by atoms with E-state index in [-0.39, 0.29) is 12.5 Å². The summed E-state index contributed by atoms with van der Waals surface area (Å²) >= 11 is 1.53. The van der Waals surface area contributed by atoms with Crippen molar-refractivity contribution < 1.29 is 14.1 Å². The first-order chi connectivity index (χ1) is 11.3. The van der Waals surface area contributed by atoms with Crippen LogP contribution in [0.2, 0.25) is 0 Å². The molecule has 23 heavy (non-hydrogen) atoms. The summed E-state index contributed by atoms with van der Waals surface area (Å²) in [6.07, 6.45) is 0. The number of hydrogen-bond acceptors (Lipinski definition) is 6. The van der Waals surface area contributed by atoms with Crippen LogP contribution in [0.5, 0.6) is 0 Å². The average Bonchev–Trinajstić information content (AvgIpc) is 3.24. The van der Waals surface area contributed by atoms with Crippen molar-refractivity contribution in [1.29, 1.82) is 0 Å². The lowest BCUT2D eigenvalue weighted by atomic mass is 10.1. The molecule has 0 unspecified atom stereocenters. The second-order valence-corrected chi connectivity index (χ2v) is 5.75. The summed E-state index contributed by atoms with van der Waals surface area (Å²) in [7, 11) is 1.62. The second-order valence-electron chi connectivity index (χ2n) is 4.81. The van der Waals surface area contributed by atoms with Crippen LogP contribution >= 0.6 is 11.3 Å². The molecule has 7 heteroatoms. The molecule has 118 valence electrons. The quantitative estimate of drug-likeness (QED) is 0.752. The molecule has 1 amide bonds. The first kappa shape index (κ1) is 15.4. The number of ether oxygens (including phenoxy) is 1. The molecule has 0 fully saturated rings. The minimum atomic E-state index is -0.196. The number of amides is 1. The zero-order chi connectivity index (χ0) is 16.1.